The van der Waals surface area contributed by atoms with Crippen LogP contribution in [0.4, 0.5) is 4.39 Å². The van der Waals surface area contributed by atoms with E-state index < -0.39 is 17.8 Å². The summed E-state index contributed by atoms with van der Waals surface area (Å²) in [5.41, 5.74) is 7.41. The van der Waals surface area contributed by atoms with Gasteiger partial charge in [0.05, 0.1) is 12.1 Å². The third-order valence-corrected chi connectivity index (χ3v) is 7.56. The average Bonchev–Trinajstić information content (AvgIpc) is 3.13. The maximum atomic E-state index is 14.8. The van der Waals surface area contributed by atoms with Gasteiger partial charge in [0.1, 0.15) is 11.9 Å². The van der Waals surface area contributed by atoms with Crippen molar-refractivity contribution in [2.75, 3.05) is 0 Å². The van der Waals surface area contributed by atoms with E-state index in [2.05, 4.69) is 23.6 Å². The topological polar surface area (TPSA) is 108 Å². The molecule has 2 aromatic carbocycles. The van der Waals surface area contributed by atoms with Crippen molar-refractivity contribution in [3.63, 3.8) is 0 Å². The molecule has 2 amide bonds. The number of nitrogens with zero attached hydrogens (tertiary/aromatic N) is 1. The maximum absolute atomic E-state index is 14.8. The Morgan fingerprint density at radius 2 is 1.94 bits per heavy atom. The van der Waals surface area contributed by atoms with Gasteiger partial charge in [0.2, 0.25) is 11.8 Å². The summed E-state index contributed by atoms with van der Waals surface area (Å²) < 4.78 is 14.8. The minimum absolute atomic E-state index is 0.0955. The lowest BCUT2D eigenvalue weighted by Crippen LogP contribution is -2.51. The van der Waals surface area contributed by atoms with Gasteiger partial charge in [-0.15, -0.1) is 0 Å². The van der Waals surface area contributed by atoms with Gasteiger partial charge in [-0.25, -0.2) is 4.39 Å². The monoisotopic (exact) mass is 432 g/mol. The van der Waals surface area contributed by atoms with Gasteiger partial charge in [-0.1, -0.05) is 31.2 Å². The second-order valence-corrected chi connectivity index (χ2v) is 9.31. The molecule has 2 aromatic rings. The van der Waals surface area contributed by atoms with E-state index in [-0.39, 0.29) is 18.4 Å². The molecule has 0 radical (unpaired) electrons. The van der Waals surface area contributed by atoms with E-state index in [0.717, 1.165) is 12.0 Å². The maximum Gasteiger partial charge on any atom is 0.248 e. The highest BCUT2D eigenvalue weighted by molar-refractivity contribution is 5.93. The van der Waals surface area contributed by atoms with Crippen LogP contribution in [-0.4, -0.2) is 29.9 Å². The Balaban J connectivity index is 1.24. The molecule has 5 rings (SSSR count). The van der Waals surface area contributed by atoms with Crippen LogP contribution >= 0.6 is 0 Å². The summed E-state index contributed by atoms with van der Waals surface area (Å²) in [4.78, 5) is 24.0. The summed E-state index contributed by atoms with van der Waals surface area (Å²) in [6.07, 6.45) is 1.13. The molecule has 1 saturated heterocycles. The van der Waals surface area contributed by atoms with Crippen molar-refractivity contribution >= 4 is 11.8 Å². The summed E-state index contributed by atoms with van der Waals surface area (Å²) in [6, 6.07) is 12.9. The summed E-state index contributed by atoms with van der Waals surface area (Å²) in [6.45, 7) is 2.24. The van der Waals surface area contributed by atoms with Gasteiger partial charge in [-0.2, -0.15) is 5.26 Å². The predicted octanol–water partition coefficient (Wildman–Crippen LogP) is 2.38. The number of nitriles is 1. The molecule has 7 heteroatoms. The van der Waals surface area contributed by atoms with Crippen LogP contribution < -0.4 is 16.4 Å². The van der Waals surface area contributed by atoms with Crippen molar-refractivity contribution in [2.45, 2.75) is 37.9 Å². The van der Waals surface area contributed by atoms with E-state index in [0.29, 0.717) is 46.4 Å². The van der Waals surface area contributed by atoms with Crippen LogP contribution in [0.3, 0.4) is 0 Å². The number of rotatable bonds is 6. The number of nitrogens with one attached hydrogen (secondary N) is 2. The van der Waals surface area contributed by atoms with Gasteiger partial charge in [-0.05, 0) is 65.0 Å². The fourth-order valence-corrected chi connectivity index (χ4v) is 5.93. The number of hydrogen-bond donors (Lipinski definition) is 3. The lowest BCUT2D eigenvalue weighted by atomic mass is 9.94. The highest BCUT2D eigenvalue weighted by Gasteiger charge is 2.67. The molecule has 2 saturated carbocycles. The largest absolute Gasteiger partial charge is 0.366 e. The molecule has 3 aliphatic rings. The molecule has 164 valence electrons. The number of hydrogen-bond acceptors (Lipinski definition) is 4. The molecule has 2 bridgehead atoms. The summed E-state index contributed by atoms with van der Waals surface area (Å²) in [5.74, 6) is 1.23. The fourth-order valence-electron chi connectivity index (χ4n) is 5.93. The second kappa shape index (κ2) is 7.72. The Hall–Kier alpha value is -3.24. The standard InChI is InChI=1S/C25H25FN4O2/c1-12-21-18-10-20(22(12)21)30-23(18)25(32)29-17(11-27)8-16-7-6-15(9-19(16)26)13-2-4-14(5-3-13)24(28)31/h2-7,9,12,17-18,20-23,30H,8,10H2,1H3,(H2,28,31)(H,29,32). The number of benzene rings is 2. The number of carbonyl (C=O) groups is 2. The molecule has 3 fully saturated rings. The molecule has 32 heavy (non-hydrogen) atoms. The molecule has 4 N–H and O–H groups in total. The minimum Gasteiger partial charge on any atom is -0.366 e. The first kappa shape index (κ1) is 20.7. The number of amides is 2. The van der Waals surface area contributed by atoms with E-state index in [1.807, 2.05) is 0 Å². The average molecular weight is 432 g/mol. The van der Waals surface area contributed by atoms with Crippen LogP contribution in [0, 0.1) is 40.8 Å². The Morgan fingerprint density at radius 3 is 2.56 bits per heavy atom. The first-order valence-corrected chi connectivity index (χ1v) is 11.0. The minimum atomic E-state index is -0.800. The summed E-state index contributed by atoms with van der Waals surface area (Å²) in [5, 5.41) is 15.8. The Bertz CT molecular complexity index is 1120. The van der Waals surface area contributed by atoms with Gasteiger partial charge < -0.3 is 16.4 Å². The van der Waals surface area contributed by atoms with Gasteiger partial charge in [0.25, 0.3) is 0 Å². The smallest absolute Gasteiger partial charge is 0.248 e. The first-order chi connectivity index (χ1) is 15.4. The van der Waals surface area contributed by atoms with E-state index >= 15 is 0 Å². The van der Waals surface area contributed by atoms with E-state index in [9.17, 15) is 19.2 Å². The molecule has 7 unspecified atom stereocenters. The van der Waals surface area contributed by atoms with Crippen LogP contribution in [0.2, 0.25) is 0 Å². The number of nitrogens with two attached hydrogens (primary N) is 1. The van der Waals surface area contributed by atoms with E-state index in [1.54, 1.807) is 36.4 Å². The SMILES string of the molecule is CC1C2C3CC(C(C(=O)NC(C#N)Cc4ccc(-c5ccc(C(N)=O)cc5)cc4F)N3)C12. The lowest BCUT2D eigenvalue weighted by Gasteiger charge is -2.23. The van der Waals surface area contributed by atoms with Crippen LogP contribution in [0.15, 0.2) is 42.5 Å². The van der Waals surface area contributed by atoms with Crippen LogP contribution in [-0.2, 0) is 11.2 Å². The van der Waals surface area contributed by atoms with Crippen molar-refractivity contribution in [2.24, 2.45) is 29.4 Å². The molecular formula is C25H25FN4O2. The molecule has 2 aliphatic carbocycles. The number of piperidine rings is 1. The van der Waals surface area contributed by atoms with Crippen LogP contribution in [0.1, 0.15) is 29.3 Å². The fraction of sp³-hybridized carbons (Fsp3) is 0.400. The molecule has 1 aliphatic heterocycles. The van der Waals surface area contributed by atoms with Crippen LogP contribution in [0.5, 0.6) is 0 Å². The van der Waals surface area contributed by atoms with Crippen molar-refractivity contribution in [3.8, 4) is 17.2 Å². The molecule has 1 heterocycles. The number of fused-ring (bicyclic) bond motifs is 5. The normalized spacial score (nSPS) is 30.3. The number of carbonyl (C=O) groups excluding carboxylic acids is 2. The van der Waals surface area contributed by atoms with E-state index in [4.69, 9.17) is 5.73 Å². The van der Waals surface area contributed by atoms with Gasteiger partial charge >= 0.3 is 0 Å². The van der Waals surface area contributed by atoms with Gasteiger partial charge in [-0.3, -0.25) is 9.59 Å². The highest BCUT2D eigenvalue weighted by Crippen LogP contribution is 2.64. The molecule has 0 spiro atoms. The summed E-state index contributed by atoms with van der Waals surface area (Å²) in [7, 11) is 0. The van der Waals surface area contributed by atoms with Gasteiger partial charge in [0.15, 0.2) is 0 Å². The first-order valence-electron chi connectivity index (χ1n) is 11.0. The number of primary amides is 1. The highest BCUT2D eigenvalue weighted by atomic mass is 19.1. The van der Waals surface area contributed by atoms with Gasteiger partial charge in [0, 0.05) is 18.0 Å². The van der Waals surface area contributed by atoms with Crippen molar-refractivity contribution in [3.05, 3.63) is 59.4 Å². The Kier molecular flexibility index (Phi) is 4.98. The lowest BCUT2D eigenvalue weighted by molar-refractivity contribution is -0.124. The molecule has 7 atom stereocenters. The quantitative estimate of drug-likeness (QED) is 0.651. The zero-order valence-corrected chi connectivity index (χ0v) is 17.7. The summed E-state index contributed by atoms with van der Waals surface area (Å²) >= 11 is 0. The zero-order valence-electron chi connectivity index (χ0n) is 17.7. The third-order valence-electron chi connectivity index (χ3n) is 7.56. The molecule has 0 aromatic heterocycles. The van der Waals surface area contributed by atoms with Crippen molar-refractivity contribution < 1.29 is 14.0 Å². The molecule has 6 nitrogen and oxygen atoms in total. The van der Waals surface area contributed by atoms with Crippen molar-refractivity contribution in [1.82, 2.24) is 10.6 Å². The number of halogens is 1. The Morgan fingerprint density at radius 1 is 1.22 bits per heavy atom. The second-order valence-electron chi connectivity index (χ2n) is 9.31. The van der Waals surface area contributed by atoms with Crippen molar-refractivity contribution in [1.29, 1.82) is 5.26 Å². The third kappa shape index (κ3) is 3.45. The molecular weight excluding hydrogens is 407 g/mol. The zero-order chi connectivity index (χ0) is 22.6. The Labute approximate surface area is 186 Å². The predicted molar refractivity (Wildman–Crippen MR) is 117 cm³/mol. The van der Waals surface area contributed by atoms with E-state index in [1.165, 1.54) is 6.07 Å². The van der Waals surface area contributed by atoms with Crippen LogP contribution in [0.25, 0.3) is 11.1 Å².